The van der Waals surface area contributed by atoms with E-state index in [0.29, 0.717) is 11.8 Å². The molecule has 1 aromatic carbocycles. The Morgan fingerprint density at radius 2 is 0.725 bits per heavy atom. The molecule has 0 aromatic heterocycles. The molecule has 0 amide bonds. The Hall–Kier alpha value is -0.220. The summed E-state index contributed by atoms with van der Waals surface area (Å²) in [5.74, 6) is 6.45. The first kappa shape index (κ1) is 37.8. The van der Waals surface area contributed by atoms with E-state index in [1.807, 2.05) is 12.1 Å². The molecule has 1 rings (SSSR count). The Balaban J connectivity index is 2.34. The molecule has 234 valence electrons. The van der Waals surface area contributed by atoms with Crippen molar-refractivity contribution in [3.63, 3.8) is 0 Å². The number of hydrogen-bond acceptors (Lipinski definition) is 2. The van der Waals surface area contributed by atoms with E-state index in [-0.39, 0.29) is 0 Å². The summed E-state index contributed by atoms with van der Waals surface area (Å²) < 4.78 is 14.5. The minimum atomic E-state index is 0.685. The second kappa shape index (κ2) is 22.3. The molecule has 0 fully saturated rings. The molecule has 0 saturated carbocycles. The maximum absolute atomic E-state index is 6.27. The third-order valence-electron chi connectivity index (χ3n) is 8.47. The van der Waals surface area contributed by atoms with Crippen molar-refractivity contribution in [3.8, 4) is 11.5 Å². The Labute approximate surface area is 266 Å². The fourth-order valence-corrected chi connectivity index (χ4v) is 6.08. The molecule has 4 heteroatoms. The summed E-state index contributed by atoms with van der Waals surface area (Å²) in [5.41, 5.74) is 0. The molecule has 40 heavy (non-hydrogen) atoms. The summed E-state index contributed by atoms with van der Waals surface area (Å²) in [6.45, 7) is 20.4. The number of ether oxygens (including phenoxy) is 2. The molecular weight excluding hydrogens is 624 g/mol. The summed E-state index contributed by atoms with van der Waals surface area (Å²) in [4.78, 5) is 0. The van der Waals surface area contributed by atoms with Crippen LogP contribution in [0.5, 0.6) is 11.5 Å². The standard InChI is InChI=1S/C36H64Br2O2/c1-27(2)13-9-15-29(5)17-11-19-31(7)21-23-39-35-25-33(37)34(38)26-36(35)40-24-22-32(8)20-12-18-30(6)16-10-14-28(3)4/h25-32H,9-24H2,1-8H3. The van der Waals surface area contributed by atoms with Gasteiger partial charge in [-0.15, -0.1) is 0 Å². The Bertz CT molecular complexity index is 700. The SMILES string of the molecule is CC(C)CCCC(C)CCCC(C)CCOc1cc(Br)c(Br)cc1OCCC(C)CCCC(C)CCCC(C)C. The van der Waals surface area contributed by atoms with Gasteiger partial charge in [0.2, 0.25) is 0 Å². The van der Waals surface area contributed by atoms with E-state index >= 15 is 0 Å². The van der Waals surface area contributed by atoms with Crippen molar-refractivity contribution in [3.05, 3.63) is 21.1 Å². The molecule has 4 atom stereocenters. The van der Waals surface area contributed by atoms with Crippen LogP contribution in [0.15, 0.2) is 21.1 Å². The summed E-state index contributed by atoms with van der Waals surface area (Å²) >= 11 is 7.29. The Morgan fingerprint density at radius 3 is 1.02 bits per heavy atom. The first-order valence-electron chi connectivity index (χ1n) is 16.7. The van der Waals surface area contributed by atoms with Crippen molar-refractivity contribution in [1.82, 2.24) is 0 Å². The highest BCUT2D eigenvalue weighted by molar-refractivity contribution is 9.13. The lowest BCUT2D eigenvalue weighted by Crippen LogP contribution is -2.08. The van der Waals surface area contributed by atoms with Crippen LogP contribution in [0, 0.1) is 35.5 Å². The average molecular weight is 689 g/mol. The van der Waals surface area contributed by atoms with Gasteiger partial charge in [-0.05, 0) is 92.3 Å². The Kier molecular flexibility index (Phi) is 21.1. The second-order valence-corrected chi connectivity index (χ2v) is 15.6. The summed E-state index contributed by atoms with van der Waals surface area (Å²) in [5, 5.41) is 0. The second-order valence-electron chi connectivity index (χ2n) is 13.9. The van der Waals surface area contributed by atoms with E-state index < -0.39 is 0 Å². The molecule has 4 unspecified atom stereocenters. The summed E-state index contributed by atoms with van der Waals surface area (Å²) in [6, 6.07) is 4.10. The lowest BCUT2D eigenvalue weighted by Gasteiger charge is -2.18. The first-order chi connectivity index (χ1) is 19.0. The van der Waals surface area contributed by atoms with Crippen molar-refractivity contribution in [2.75, 3.05) is 13.2 Å². The molecule has 0 heterocycles. The van der Waals surface area contributed by atoms with Gasteiger partial charge in [0.15, 0.2) is 11.5 Å². The van der Waals surface area contributed by atoms with E-state index in [1.165, 1.54) is 77.0 Å². The normalized spacial score (nSPS) is 14.9. The number of hydrogen-bond donors (Lipinski definition) is 0. The lowest BCUT2D eigenvalue weighted by molar-refractivity contribution is 0.236. The minimum Gasteiger partial charge on any atom is -0.490 e. The average Bonchev–Trinajstić information content (AvgIpc) is 2.86. The third-order valence-corrected chi connectivity index (χ3v) is 10.3. The predicted molar refractivity (Wildman–Crippen MR) is 184 cm³/mol. The van der Waals surface area contributed by atoms with Gasteiger partial charge in [-0.1, -0.05) is 132 Å². The van der Waals surface area contributed by atoms with Crippen LogP contribution in [0.4, 0.5) is 0 Å². The van der Waals surface area contributed by atoms with E-state index in [4.69, 9.17) is 9.47 Å². The van der Waals surface area contributed by atoms with E-state index in [9.17, 15) is 0 Å². The van der Waals surface area contributed by atoms with Crippen LogP contribution in [0.2, 0.25) is 0 Å². The first-order valence-corrected chi connectivity index (χ1v) is 18.3. The molecular formula is C36H64Br2O2. The fourth-order valence-electron chi connectivity index (χ4n) is 5.43. The highest BCUT2D eigenvalue weighted by Crippen LogP contribution is 2.37. The van der Waals surface area contributed by atoms with Gasteiger partial charge in [0.25, 0.3) is 0 Å². The quantitative estimate of drug-likeness (QED) is 0.108. The molecule has 0 saturated heterocycles. The van der Waals surface area contributed by atoms with Crippen molar-refractivity contribution in [2.24, 2.45) is 35.5 Å². The minimum absolute atomic E-state index is 0.685. The molecule has 0 aliphatic carbocycles. The van der Waals surface area contributed by atoms with Crippen LogP contribution in [0.1, 0.15) is 145 Å². The predicted octanol–water partition coefficient (Wildman–Crippen LogP) is 13.3. The van der Waals surface area contributed by atoms with Crippen molar-refractivity contribution < 1.29 is 9.47 Å². The molecule has 0 bridgehead atoms. The van der Waals surface area contributed by atoms with Gasteiger partial charge in [0, 0.05) is 8.95 Å². The fraction of sp³-hybridized carbons (Fsp3) is 0.833. The van der Waals surface area contributed by atoms with Crippen molar-refractivity contribution in [2.45, 2.75) is 145 Å². The smallest absolute Gasteiger partial charge is 0.162 e. The van der Waals surface area contributed by atoms with Gasteiger partial charge in [0.1, 0.15) is 0 Å². The van der Waals surface area contributed by atoms with Crippen LogP contribution in [-0.2, 0) is 0 Å². The highest BCUT2D eigenvalue weighted by atomic mass is 79.9. The largest absolute Gasteiger partial charge is 0.490 e. The summed E-state index contributed by atoms with van der Waals surface area (Å²) in [7, 11) is 0. The molecule has 0 aliphatic heterocycles. The van der Waals surface area contributed by atoms with Crippen LogP contribution in [-0.4, -0.2) is 13.2 Å². The molecule has 1 aromatic rings. The van der Waals surface area contributed by atoms with Gasteiger partial charge < -0.3 is 9.47 Å². The maximum Gasteiger partial charge on any atom is 0.162 e. The number of benzene rings is 1. The van der Waals surface area contributed by atoms with Gasteiger partial charge in [-0.2, -0.15) is 0 Å². The van der Waals surface area contributed by atoms with Crippen LogP contribution in [0.25, 0.3) is 0 Å². The molecule has 2 nitrogen and oxygen atoms in total. The van der Waals surface area contributed by atoms with Crippen molar-refractivity contribution in [1.29, 1.82) is 0 Å². The van der Waals surface area contributed by atoms with Crippen LogP contribution < -0.4 is 9.47 Å². The van der Waals surface area contributed by atoms with E-state index in [2.05, 4.69) is 87.2 Å². The molecule has 0 spiro atoms. The highest BCUT2D eigenvalue weighted by Gasteiger charge is 2.13. The van der Waals surface area contributed by atoms with Crippen LogP contribution in [0.3, 0.4) is 0 Å². The molecule has 0 radical (unpaired) electrons. The zero-order valence-electron chi connectivity index (χ0n) is 27.5. The molecule has 0 aliphatic rings. The summed E-state index contributed by atoms with van der Waals surface area (Å²) in [6.07, 6.45) is 18.4. The zero-order valence-corrected chi connectivity index (χ0v) is 30.7. The third kappa shape index (κ3) is 19.1. The van der Waals surface area contributed by atoms with E-state index in [0.717, 1.165) is 70.2 Å². The molecule has 0 N–H and O–H groups in total. The topological polar surface area (TPSA) is 18.5 Å². The van der Waals surface area contributed by atoms with E-state index in [1.54, 1.807) is 0 Å². The number of rotatable bonds is 24. The van der Waals surface area contributed by atoms with Gasteiger partial charge in [0.05, 0.1) is 13.2 Å². The lowest BCUT2D eigenvalue weighted by atomic mass is 9.93. The maximum atomic E-state index is 6.27. The van der Waals surface area contributed by atoms with Gasteiger partial charge in [-0.3, -0.25) is 0 Å². The number of halogens is 2. The zero-order chi connectivity index (χ0) is 29.9. The Morgan fingerprint density at radius 1 is 0.450 bits per heavy atom. The van der Waals surface area contributed by atoms with Gasteiger partial charge >= 0.3 is 0 Å². The van der Waals surface area contributed by atoms with Crippen molar-refractivity contribution >= 4 is 31.9 Å². The van der Waals surface area contributed by atoms with Crippen LogP contribution >= 0.6 is 31.9 Å². The monoisotopic (exact) mass is 686 g/mol. The van der Waals surface area contributed by atoms with Gasteiger partial charge in [-0.25, -0.2) is 0 Å².